The number of hydrogen-bond donors (Lipinski definition) is 0. The summed E-state index contributed by atoms with van der Waals surface area (Å²) in [6.07, 6.45) is 6.54. The van der Waals surface area contributed by atoms with Crippen LogP contribution in [0.1, 0.15) is 71.6 Å². The molecule has 1 fully saturated rings. The van der Waals surface area contributed by atoms with Crippen molar-refractivity contribution < 1.29 is 18.5 Å². The molecule has 1 aromatic heterocycles. The molecule has 6 nitrogen and oxygen atoms in total. The maximum Gasteiger partial charge on any atom is 0.227 e. The van der Waals surface area contributed by atoms with E-state index < -0.39 is 0 Å². The van der Waals surface area contributed by atoms with Crippen molar-refractivity contribution in [2.45, 2.75) is 57.3 Å². The highest BCUT2D eigenvalue weighted by Gasteiger charge is 2.30. The van der Waals surface area contributed by atoms with Gasteiger partial charge in [-0.1, -0.05) is 5.16 Å². The summed E-state index contributed by atoms with van der Waals surface area (Å²) in [7, 11) is 0. The van der Waals surface area contributed by atoms with Crippen LogP contribution < -0.4 is 4.90 Å². The van der Waals surface area contributed by atoms with Crippen molar-refractivity contribution in [1.82, 2.24) is 10.1 Å². The van der Waals surface area contributed by atoms with Gasteiger partial charge >= 0.3 is 0 Å². The Kier molecular flexibility index (Phi) is 5.88. The molecule has 1 saturated heterocycles. The van der Waals surface area contributed by atoms with Crippen LogP contribution in [0.4, 0.5) is 10.1 Å². The molecule has 4 heterocycles. The lowest BCUT2D eigenvalue weighted by Gasteiger charge is -2.35. The van der Waals surface area contributed by atoms with Gasteiger partial charge in [-0.05, 0) is 93.6 Å². The second-order valence-electron chi connectivity index (χ2n) is 10.1. The summed E-state index contributed by atoms with van der Waals surface area (Å²) >= 11 is 0. The lowest BCUT2D eigenvalue weighted by molar-refractivity contribution is -0.119. The van der Waals surface area contributed by atoms with Crippen LogP contribution in [-0.2, 0) is 17.6 Å². The van der Waals surface area contributed by atoms with Crippen LogP contribution in [0.3, 0.4) is 0 Å². The monoisotopic (exact) mass is 475 g/mol. The molecule has 2 aromatic carbocycles. The minimum atomic E-state index is -0.309. The van der Waals surface area contributed by atoms with Crippen LogP contribution in [0, 0.1) is 5.82 Å². The number of hydrogen-bond acceptors (Lipinski definition) is 5. The molecule has 0 spiro atoms. The molecule has 0 atom stereocenters. The van der Waals surface area contributed by atoms with E-state index in [4.69, 9.17) is 4.52 Å². The number of anilines is 1. The Bertz CT molecular complexity index is 1270. The molecular weight excluding hydrogens is 445 g/mol. The zero-order valence-electron chi connectivity index (χ0n) is 19.9. The normalized spacial score (nSPS) is 18.8. The molecule has 35 heavy (non-hydrogen) atoms. The summed E-state index contributed by atoms with van der Waals surface area (Å²) in [5.41, 5.74) is 5.66. The van der Waals surface area contributed by atoms with Gasteiger partial charge in [0.2, 0.25) is 5.91 Å². The lowest BCUT2D eigenvalue weighted by Crippen LogP contribution is -2.39. The molecular formula is C28H30FN3O3. The van der Waals surface area contributed by atoms with Crippen molar-refractivity contribution in [3.63, 3.8) is 0 Å². The van der Waals surface area contributed by atoms with E-state index in [1.54, 1.807) is 6.07 Å². The lowest BCUT2D eigenvalue weighted by atomic mass is 9.88. The van der Waals surface area contributed by atoms with E-state index in [0.29, 0.717) is 24.3 Å². The summed E-state index contributed by atoms with van der Waals surface area (Å²) in [5, 5.41) is 5.14. The summed E-state index contributed by atoms with van der Waals surface area (Å²) in [6.45, 7) is 3.63. The molecule has 0 saturated carbocycles. The first-order valence-corrected chi connectivity index (χ1v) is 12.8. The molecule has 3 aliphatic rings. The molecule has 0 radical (unpaired) electrons. The number of amides is 1. The van der Waals surface area contributed by atoms with Crippen molar-refractivity contribution in [3.05, 3.63) is 58.5 Å². The third-order valence-corrected chi connectivity index (χ3v) is 7.91. The number of halogens is 1. The number of fused-ring (bicyclic) bond motifs is 1. The molecule has 0 unspecified atom stereocenters. The molecule has 0 aliphatic carbocycles. The number of benzene rings is 2. The minimum absolute atomic E-state index is 0.203. The number of ketones is 1. The van der Waals surface area contributed by atoms with Gasteiger partial charge < -0.3 is 14.3 Å². The number of carbonyl (C=O) groups is 2. The Labute approximate surface area is 204 Å². The summed E-state index contributed by atoms with van der Waals surface area (Å²) < 4.78 is 18.8. The first-order chi connectivity index (χ1) is 17.1. The average molecular weight is 476 g/mol. The van der Waals surface area contributed by atoms with E-state index in [2.05, 4.69) is 10.1 Å². The van der Waals surface area contributed by atoms with Crippen LogP contribution in [0.2, 0.25) is 0 Å². The first-order valence-electron chi connectivity index (χ1n) is 12.8. The maximum atomic E-state index is 13.4. The molecule has 7 heteroatoms. The van der Waals surface area contributed by atoms with Gasteiger partial charge in [0.15, 0.2) is 11.4 Å². The quantitative estimate of drug-likeness (QED) is 0.468. The fourth-order valence-electron chi connectivity index (χ4n) is 6.08. The number of rotatable bonds is 6. The van der Waals surface area contributed by atoms with E-state index in [0.717, 1.165) is 98.2 Å². The minimum Gasteiger partial charge on any atom is -0.356 e. The zero-order valence-corrected chi connectivity index (χ0v) is 19.9. The third-order valence-electron chi connectivity index (χ3n) is 7.91. The topological polar surface area (TPSA) is 66.7 Å². The van der Waals surface area contributed by atoms with Gasteiger partial charge in [0.1, 0.15) is 5.82 Å². The molecule has 0 N–H and O–H groups in total. The Morgan fingerprint density at radius 3 is 2.69 bits per heavy atom. The molecule has 182 valence electrons. The molecule has 3 aromatic rings. The summed E-state index contributed by atoms with van der Waals surface area (Å²) in [5.74, 6) is 0.427. The van der Waals surface area contributed by atoms with Crippen LogP contribution in [0.5, 0.6) is 0 Å². The largest absolute Gasteiger partial charge is 0.356 e. The maximum absolute atomic E-state index is 13.4. The zero-order chi connectivity index (χ0) is 23.9. The second-order valence-corrected chi connectivity index (χ2v) is 10.1. The van der Waals surface area contributed by atoms with E-state index in [9.17, 15) is 14.0 Å². The number of nitrogens with zero attached hydrogens (tertiary/aromatic N) is 3. The summed E-state index contributed by atoms with van der Waals surface area (Å²) in [4.78, 5) is 29.6. The Morgan fingerprint density at radius 1 is 1.06 bits per heavy atom. The number of Topliss-reactive ketones (excluding diaryl/α,β-unsaturated/α-hetero) is 1. The predicted molar refractivity (Wildman–Crippen MR) is 131 cm³/mol. The van der Waals surface area contributed by atoms with E-state index in [1.807, 2.05) is 17.0 Å². The number of likely N-dealkylation sites (tertiary alicyclic amines) is 1. The van der Waals surface area contributed by atoms with Crippen LogP contribution in [0.25, 0.3) is 11.0 Å². The smallest absolute Gasteiger partial charge is 0.227 e. The van der Waals surface area contributed by atoms with Crippen LogP contribution in [-0.4, -0.2) is 47.9 Å². The first kappa shape index (κ1) is 22.4. The van der Waals surface area contributed by atoms with Crippen molar-refractivity contribution in [2.24, 2.45) is 0 Å². The van der Waals surface area contributed by atoms with Crippen molar-refractivity contribution >= 4 is 28.3 Å². The van der Waals surface area contributed by atoms with Crippen molar-refractivity contribution in [3.8, 4) is 0 Å². The van der Waals surface area contributed by atoms with E-state index >= 15 is 0 Å². The van der Waals surface area contributed by atoms with Gasteiger partial charge in [0, 0.05) is 42.3 Å². The van der Waals surface area contributed by atoms with Crippen molar-refractivity contribution in [1.29, 1.82) is 0 Å². The second kappa shape index (κ2) is 9.19. The van der Waals surface area contributed by atoms with Crippen LogP contribution in [0.15, 0.2) is 34.9 Å². The van der Waals surface area contributed by atoms with Crippen molar-refractivity contribution in [2.75, 3.05) is 31.1 Å². The van der Waals surface area contributed by atoms with Gasteiger partial charge in [0.05, 0.1) is 11.4 Å². The molecule has 0 bridgehead atoms. The number of aromatic nitrogens is 1. The average Bonchev–Trinajstić information content (AvgIpc) is 3.29. The Morgan fingerprint density at radius 2 is 1.86 bits per heavy atom. The Hall–Kier alpha value is -3.06. The fourth-order valence-corrected chi connectivity index (χ4v) is 6.08. The highest BCUT2D eigenvalue weighted by atomic mass is 19.1. The van der Waals surface area contributed by atoms with Gasteiger partial charge in [-0.25, -0.2) is 4.39 Å². The fraction of sp³-hybridized carbons (Fsp3) is 0.464. The van der Waals surface area contributed by atoms with Gasteiger partial charge in [-0.15, -0.1) is 0 Å². The predicted octanol–water partition coefficient (Wildman–Crippen LogP) is 5.03. The van der Waals surface area contributed by atoms with Gasteiger partial charge in [0.25, 0.3) is 0 Å². The number of aryl methyl sites for hydroxylation is 2. The third kappa shape index (κ3) is 4.27. The highest BCUT2D eigenvalue weighted by molar-refractivity contribution is 6.01. The number of piperidine rings is 1. The van der Waals surface area contributed by atoms with Gasteiger partial charge in [-0.3, -0.25) is 9.59 Å². The SMILES string of the molecule is O=C(CCCN1CCC(c2noc3cc(F)ccc23)CC1)c1cc2c3c(c1)CCC(=O)N3CCC2. The molecule has 1 amide bonds. The highest BCUT2D eigenvalue weighted by Crippen LogP contribution is 2.37. The van der Waals surface area contributed by atoms with E-state index in [1.165, 1.54) is 12.1 Å². The Balaban J connectivity index is 1.03. The van der Waals surface area contributed by atoms with E-state index in [-0.39, 0.29) is 17.5 Å². The van der Waals surface area contributed by atoms with Gasteiger partial charge in [-0.2, -0.15) is 0 Å². The molecule has 6 rings (SSSR count). The standard InChI is InChI=1S/C28H30FN3O3/c29-22-6-7-23-25(17-22)35-30-27(23)18-9-13-31(14-10-18)11-2-4-24(33)21-15-19-3-1-12-32-26(34)8-5-20(16-21)28(19)32/h6-7,15-18H,1-5,8-14H2. The molecule has 3 aliphatic heterocycles. The number of carbonyl (C=O) groups excluding carboxylic acids is 2. The summed E-state index contributed by atoms with van der Waals surface area (Å²) in [6, 6.07) is 8.68. The van der Waals surface area contributed by atoms with Crippen LogP contribution >= 0.6 is 0 Å².